The summed E-state index contributed by atoms with van der Waals surface area (Å²) in [5, 5.41) is 2.09. The predicted octanol–water partition coefficient (Wildman–Crippen LogP) is 3.66. The zero-order valence-electron chi connectivity index (χ0n) is 12.8. The summed E-state index contributed by atoms with van der Waals surface area (Å²) in [6.07, 6.45) is -2.36. The molecule has 0 aliphatic carbocycles. The number of para-hydroxylation sites is 1. The first-order chi connectivity index (χ1) is 11.5. The van der Waals surface area contributed by atoms with E-state index in [1.807, 2.05) is 36.5 Å². The maximum absolute atomic E-state index is 13.1. The molecule has 3 aromatic rings. The molecular weight excluding hydrogens is 313 g/mol. The van der Waals surface area contributed by atoms with Crippen LogP contribution in [0.2, 0.25) is 0 Å². The summed E-state index contributed by atoms with van der Waals surface area (Å²) < 4.78 is 41.2. The summed E-state index contributed by atoms with van der Waals surface area (Å²) in [5.41, 5.74) is 3.30. The number of rotatable bonds is 1. The molecule has 4 rings (SSSR count). The third-order valence-corrected chi connectivity index (χ3v) is 4.50. The Morgan fingerprint density at radius 2 is 1.79 bits per heavy atom. The van der Waals surface area contributed by atoms with Crippen LogP contribution in [0, 0.1) is 0 Å². The van der Waals surface area contributed by atoms with E-state index in [1.54, 1.807) is 6.07 Å². The first kappa shape index (κ1) is 15.0. The van der Waals surface area contributed by atoms with Gasteiger partial charge in [-0.05, 0) is 30.3 Å². The molecule has 0 saturated heterocycles. The quantitative estimate of drug-likeness (QED) is 0.704. The normalized spacial score (nSPS) is 17.0. The highest BCUT2D eigenvalue weighted by Crippen LogP contribution is 2.32. The molecule has 1 unspecified atom stereocenters. The van der Waals surface area contributed by atoms with Gasteiger partial charge >= 0.3 is 6.18 Å². The maximum Gasteiger partial charge on any atom is 0.416 e. The third kappa shape index (κ3) is 2.51. The highest BCUT2D eigenvalue weighted by Gasteiger charge is 2.32. The van der Waals surface area contributed by atoms with Gasteiger partial charge in [-0.2, -0.15) is 13.2 Å². The van der Waals surface area contributed by atoms with Crippen molar-refractivity contribution in [1.29, 1.82) is 0 Å². The Morgan fingerprint density at radius 3 is 2.62 bits per heavy atom. The van der Waals surface area contributed by atoms with E-state index in [1.165, 1.54) is 17.7 Å². The molecule has 1 atom stereocenters. The fourth-order valence-electron chi connectivity index (χ4n) is 3.37. The molecule has 2 nitrogen and oxygen atoms in total. The number of hydrogen-bond acceptors (Lipinski definition) is 0. The molecule has 0 spiro atoms. The zero-order chi connectivity index (χ0) is 16.7. The summed E-state index contributed by atoms with van der Waals surface area (Å²) in [5.74, 6) is 0. The van der Waals surface area contributed by atoms with Crippen LogP contribution in [0.1, 0.15) is 28.4 Å². The minimum absolute atomic E-state index is 0.172. The van der Waals surface area contributed by atoms with Gasteiger partial charge in [0.2, 0.25) is 0 Å². The van der Waals surface area contributed by atoms with Gasteiger partial charge in [-0.15, -0.1) is 0 Å². The topological polar surface area (TPSA) is 21.5 Å². The Morgan fingerprint density at radius 1 is 0.958 bits per heavy atom. The van der Waals surface area contributed by atoms with Crippen LogP contribution in [0.5, 0.6) is 0 Å². The number of nitrogens with two attached hydrogens (primary N) is 1. The molecule has 0 amide bonds. The fourth-order valence-corrected chi connectivity index (χ4v) is 3.37. The van der Waals surface area contributed by atoms with E-state index in [4.69, 9.17) is 0 Å². The van der Waals surface area contributed by atoms with Gasteiger partial charge in [-0.25, -0.2) is 0 Å². The monoisotopic (exact) mass is 329 g/mol. The highest BCUT2D eigenvalue weighted by atomic mass is 19.4. The van der Waals surface area contributed by atoms with Gasteiger partial charge in [0.1, 0.15) is 6.54 Å². The Hall–Kier alpha value is -2.53. The molecule has 122 valence electrons. The molecule has 24 heavy (non-hydrogen) atoms. The van der Waals surface area contributed by atoms with Crippen LogP contribution < -0.4 is 5.32 Å². The van der Waals surface area contributed by atoms with E-state index < -0.39 is 11.7 Å². The van der Waals surface area contributed by atoms with E-state index in [-0.39, 0.29) is 6.04 Å². The molecule has 1 aliphatic rings. The summed E-state index contributed by atoms with van der Waals surface area (Å²) in [6.45, 7) is 0.721. The molecule has 0 bridgehead atoms. The lowest BCUT2D eigenvalue weighted by molar-refractivity contribution is -0.702. The first-order valence-electron chi connectivity index (χ1n) is 7.80. The predicted molar refractivity (Wildman–Crippen MR) is 84.7 cm³/mol. The lowest BCUT2D eigenvalue weighted by Crippen LogP contribution is -2.83. The van der Waals surface area contributed by atoms with Crippen molar-refractivity contribution in [2.24, 2.45) is 0 Å². The fraction of sp³-hybridized carbons (Fsp3) is 0.158. The maximum atomic E-state index is 13.1. The Bertz CT molecular complexity index is 880. The first-order valence-corrected chi connectivity index (χ1v) is 7.80. The molecule has 2 heterocycles. The van der Waals surface area contributed by atoms with Crippen molar-refractivity contribution in [3.63, 3.8) is 0 Å². The van der Waals surface area contributed by atoms with Gasteiger partial charge in [0.25, 0.3) is 0 Å². The van der Waals surface area contributed by atoms with E-state index in [9.17, 15) is 13.2 Å². The number of alkyl halides is 3. The van der Waals surface area contributed by atoms with Crippen molar-refractivity contribution in [2.75, 3.05) is 0 Å². The molecule has 0 radical (unpaired) electrons. The summed E-state index contributed by atoms with van der Waals surface area (Å²) in [7, 11) is 0. The lowest BCUT2D eigenvalue weighted by Gasteiger charge is -2.16. The van der Waals surface area contributed by atoms with Crippen LogP contribution in [0.25, 0.3) is 5.69 Å². The second kappa shape index (κ2) is 5.53. The minimum Gasteiger partial charge on any atom is -0.331 e. The molecule has 2 aromatic carbocycles. The van der Waals surface area contributed by atoms with Crippen LogP contribution in [0.4, 0.5) is 13.2 Å². The number of quaternary nitrogens is 1. The van der Waals surface area contributed by atoms with Gasteiger partial charge in [0.15, 0.2) is 6.04 Å². The molecule has 1 aliphatic heterocycles. The van der Waals surface area contributed by atoms with Gasteiger partial charge in [-0.1, -0.05) is 30.3 Å². The summed E-state index contributed by atoms with van der Waals surface area (Å²) in [4.78, 5) is 0. The smallest absolute Gasteiger partial charge is 0.331 e. The van der Waals surface area contributed by atoms with Crippen LogP contribution in [-0.4, -0.2) is 4.57 Å². The van der Waals surface area contributed by atoms with E-state index in [0.29, 0.717) is 5.56 Å². The van der Waals surface area contributed by atoms with Gasteiger partial charge in [-0.3, -0.25) is 0 Å². The van der Waals surface area contributed by atoms with E-state index in [2.05, 4.69) is 16.0 Å². The Labute approximate surface area is 137 Å². The molecular formula is C19H16F3N2+. The van der Waals surface area contributed by atoms with Crippen LogP contribution in [-0.2, 0) is 12.7 Å². The minimum atomic E-state index is -4.33. The number of halogens is 3. The number of fused-ring (bicyclic) bond motifs is 3. The molecule has 0 fully saturated rings. The highest BCUT2D eigenvalue weighted by molar-refractivity contribution is 5.45. The number of hydrogen-bond donors (Lipinski definition) is 1. The average molecular weight is 329 g/mol. The Balaban J connectivity index is 1.82. The van der Waals surface area contributed by atoms with Gasteiger partial charge < -0.3 is 9.88 Å². The van der Waals surface area contributed by atoms with E-state index >= 15 is 0 Å². The van der Waals surface area contributed by atoms with Crippen molar-refractivity contribution >= 4 is 0 Å². The van der Waals surface area contributed by atoms with Crippen molar-refractivity contribution in [2.45, 2.75) is 18.8 Å². The van der Waals surface area contributed by atoms with Crippen molar-refractivity contribution in [3.8, 4) is 5.69 Å². The van der Waals surface area contributed by atoms with Crippen LogP contribution >= 0.6 is 0 Å². The number of benzene rings is 2. The average Bonchev–Trinajstić information content (AvgIpc) is 2.99. The summed E-state index contributed by atoms with van der Waals surface area (Å²) >= 11 is 0. The Kier molecular flexibility index (Phi) is 3.46. The molecule has 0 saturated carbocycles. The SMILES string of the molecule is FC(F)(F)c1cccc(C2[NH2+]Cc3ccccc3-n3cccc32)c1. The second-order valence-corrected chi connectivity index (χ2v) is 5.97. The molecule has 5 heteroatoms. The van der Waals surface area contributed by atoms with Gasteiger partial charge in [0, 0.05) is 17.3 Å². The standard InChI is InChI=1S/C19H15F3N2/c20-19(21,22)15-7-3-6-13(11-15)18-17-9-4-10-24(17)16-8-2-1-5-14(16)12-23-18/h1-11,18,23H,12H2/p+1. The lowest BCUT2D eigenvalue weighted by atomic mass is 10.0. The zero-order valence-corrected chi connectivity index (χ0v) is 12.8. The van der Waals surface area contributed by atoms with Crippen molar-refractivity contribution in [3.05, 3.63) is 89.2 Å². The molecule has 1 aromatic heterocycles. The summed E-state index contributed by atoms with van der Waals surface area (Å²) in [6, 6.07) is 17.4. The van der Waals surface area contributed by atoms with Crippen molar-refractivity contribution < 1.29 is 18.5 Å². The third-order valence-electron chi connectivity index (χ3n) is 4.50. The number of aromatic nitrogens is 1. The van der Waals surface area contributed by atoms with Crippen LogP contribution in [0.3, 0.4) is 0 Å². The van der Waals surface area contributed by atoms with Crippen LogP contribution in [0.15, 0.2) is 66.9 Å². The van der Waals surface area contributed by atoms with Crippen molar-refractivity contribution in [1.82, 2.24) is 4.57 Å². The molecule has 2 N–H and O–H groups in total. The second-order valence-electron chi connectivity index (χ2n) is 5.97. The largest absolute Gasteiger partial charge is 0.416 e. The number of nitrogens with zero attached hydrogens (tertiary/aromatic N) is 1. The van der Waals surface area contributed by atoms with Gasteiger partial charge in [0.05, 0.1) is 16.9 Å². The van der Waals surface area contributed by atoms with E-state index in [0.717, 1.165) is 24.0 Å².